The molecule has 2 aromatic rings. The molecule has 12 heavy (non-hydrogen) atoms. The van der Waals surface area contributed by atoms with Crippen molar-refractivity contribution in [2.75, 3.05) is 6.54 Å². The molecule has 2 rings (SSSR count). The SMILES string of the molecule is NCCc1nccc2cscc12. The topological polar surface area (TPSA) is 38.9 Å². The lowest BCUT2D eigenvalue weighted by molar-refractivity contribution is 0.936. The standard InChI is InChI=1S/C9H10N2S/c10-3-1-9-8-6-12-5-7(8)2-4-11-9/h2,4-6H,1,3,10H2. The van der Waals surface area contributed by atoms with E-state index in [0.717, 1.165) is 12.1 Å². The summed E-state index contributed by atoms with van der Waals surface area (Å²) in [5.74, 6) is 0. The highest BCUT2D eigenvalue weighted by Gasteiger charge is 2.00. The van der Waals surface area contributed by atoms with Crippen LogP contribution in [0.15, 0.2) is 23.0 Å². The van der Waals surface area contributed by atoms with Crippen LogP contribution in [0.25, 0.3) is 10.8 Å². The van der Waals surface area contributed by atoms with E-state index in [-0.39, 0.29) is 0 Å². The van der Waals surface area contributed by atoms with Crippen LogP contribution in [0.4, 0.5) is 0 Å². The zero-order valence-electron chi connectivity index (χ0n) is 6.66. The quantitative estimate of drug-likeness (QED) is 0.761. The number of rotatable bonds is 2. The van der Waals surface area contributed by atoms with E-state index < -0.39 is 0 Å². The molecule has 0 aliphatic heterocycles. The van der Waals surface area contributed by atoms with Crippen LogP contribution in [0, 0.1) is 0 Å². The maximum Gasteiger partial charge on any atom is 0.0502 e. The number of aromatic nitrogens is 1. The fourth-order valence-corrected chi connectivity index (χ4v) is 2.11. The van der Waals surface area contributed by atoms with Crippen molar-refractivity contribution >= 4 is 22.1 Å². The highest BCUT2D eigenvalue weighted by Crippen LogP contribution is 2.20. The minimum absolute atomic E-state index is 0.669. The molecule has 0 spiro atoms. The summed E-state index contributed by atoms with van der Waals surface area (Å²) < 4.78 is 0. The molecule has 2 N–H and O–H groups in total. The summed E-state index contributed by atoms with van der Waals surface area (Å²) in [5.41, 5.74) is 6.61. The van der Waals surface area contributed by atoms with Gasteiger partial charge in [-0.05, 0) is 23.4 Å². The Hall–Kier alpha value is -0.930. The van der Waals surface area contributed by atoms with Crippen molar-refractivity contribution < 1.29 is 0 Å². The van der Waals surface area contributed by atoms with E-state index in [1.165, 1.54) is 10.8 Å². The number of thiophene rings is 1. The van der Waals surface area contributed by atoms with Gasteiger partial charge in [0, 0.05) is 23.4 Å². The monoisotopic (exact) mass is 178 g/mol. The van der Waals surface area contributed by atoms with Crippen molar-refractivity contribution in [1.82, 2.24) is 4.98 Å². The predicted octanol–water partition coefficient (Wildman–Crippen LogP) is 1.80. The van der Waals surface area contributed by atoms with E-state index >= 15 is 0 Å². The van der Waals surface area contributed by atoms with Gasteiger partial charge in [-0.1, -0.05) is 0 Å². The fraction of sp³-hybridized carbons (Fsp3) is 0.222. The van der Waals surface area contributed by atoms with Gasteiger partial charge >= 0.3 is 0 Å². The molecular weight excluding hydrogens is 168 g/mol. The summed E-state index contributed by atoms with van der Waals surface area (Å²) in [7, 11) is 0. The summed E-state index contributed by atoms with van der Waals surface area (Å²) in [6.07, 6.45) is 2.72. The first-order chi connectivity index (χ1) is 5.92. The Balaban J connectivity index is 2.57. The molecule has 0 fully saturated rings. The Kier molecular flexibility index (Phi) is 2.06. The second-order valence-corrected chi connectivity index (χ2v) is 3.41. The van der Waals surface area contributed by atoms with E-state index in [2.05, 4.69) is 15.7 Å². The number of nitrogens with two attached hydrogens (primary N) is 1. The minimum atomic E-state index is 0.669. The van der Waals surface area contributed by atoms with E-state index in [9.17, 15) is 0 Å². The average Bonchev–Trinajstić information content (AvgIpc) is 2.53. The highest BCUT2D eigenvalue weighted by molar-refractivity contribution is 7.09. The van der Waals surface area contributed by atoms with Crippen molar-refractivity contribution in [3.05, 3.63) is 28.7 Å². The van der Waals surface area contributed by atoms with Gasteiger partial charge < -0.3 is 5.73 Å². The second-order valence-electron chi connectivity index (χ2n) is 2.67. The van der Waals surface area contributed by atoms with Crippen molar-refractivity contribution in [1.29, 1.82) is 0 Å². The Morgan fingerprint density at radius 2 is 2.33 bits per heavy atom. The van der Waals surface area contributed by atoms with Gasteiger partial charge in [-0.25, -0.2) is 0 Å². The zero-order valence-corrected chi connectivity index (χ0v) is 7.47. The smallest absolute Gasteiger partial charge is 0.0502 e. The van der Waals surface area contributed by atoms with Crippen molar-refractivity contribution in [3.63, 3.8) is 0 Å². The number of nitrogens with zero attached hydrogens (tertiary/aromatic N) is 1. The second kappa shape index (κ2) is 3.21. The van der Waals surface area contributed by atoms with Crippen molar-refractivity contribution in [2.24, 2.45) is 5.73 Å². The number of hydrogen-bond acceptors (Lipinski definition) is 3. The van der Waals surface area contributed by atoms with Gasteiger partial charge in [0.1, 0.15) is 0 Å². The summed E-state index contributed by atoms with van der Waals surface area (Å²) in [4.78, 5) is 4.30. The molecule has 3 heteroatoms. The summed E-state index contributed by atoms with van der Waals surface area (Å²) >= 11 is 1.71. The maximum atomic E-state index is 5.48. The molecule has 0 aromatic carbocycles. The predicted molar refractivity (Wildman–Crippen MR) is 52.4 cm³/mol. The fourth-order valence-electron chi connectivity index (χ4n) is 1.28. The van der Waals surface area contributed by atoms with Crippen LogP contribution in [-0.2, 0) is 6.42 Å². The van der Waals surface area contributed by atoms with E-state index in [1.54, 1.807) is 11.3 Å². The maximum absolute atomic E-state index is 5.48. The van der Waals surface area contributed by atoms with Gasteiger partial charge in [-0.3, -0.25) is 4.98 Å². The molecule has 0 bridgehead atoms. The van der Waals surface area contributed by atoms with Gasteiger partial charge in [-0.2, -0.15) is 11.3 Å². The first-order valence-electron chi connectivity index (χ1n) is 3.91. The molecule has 2 nitrogen and oxygen atoms in total. The Bertz CT molecular complexity index is 381. The molecule has 2 heterocycles. The first kappa shape index (κ1) is 7.71. The molecule has 0 aliphatic carbocycles. The summed E-state index contributed by atoms with van der Waals surface area (Å²) in [6.45, 7) is 0.669. The van der Waals surface area contributed by atoms with Gasteiger partial charge in [0.25, 0.3) is 0 Å². The van der Waals surface area contributed by atoms with Crippen LogP contribution >= 0.6 is 11.3 Å². The van der Waals surface area contributed by atoms with Gasteiger partial charge in [0.15, 0.2) is 0 Å². The molecule has 0 saturated carbocycles. The lowest BCUT2D eigenvalue weighted by Gasteiger charge is -1.98. The average molecular weight is 178 g/mol. The van der Waals surface area contributed by atoms with Crippen LogP contribution in [0.1, 0.15) is 5.69 Å². The molecule has 0 amide bonds. The van der Waals surface area contributed by atoms with Gasteiger partial charge in [0.05, 0.1) is 5.69 Å². The van der Waals surface area contributed by atoms with Crippen LogP contribution in [0.2, 0.25) is 0 Å². The molecule has 0 atom stereocenters. The van der Waals surface area contributed by atoms with Crippen LogP contribution < -0.4 is 5.73 Å². The third-order valence-electron chi connectivity index (χ3n) is 1.87. The summed E-state index contributed by atoms with van der Waals surface area (Å²) in [5, 5.41) is 6.80. The number of fused-ring (bicyclic) bond motifs is 1. The molecule has 62 valence electrons. The summed E-state index contributed by atoms with van der Waals surface area (Å²) in [6, 6.07) is 2.03. The highest BCUT2D eigenvalue weighted by atomic mass is 32.1. The first-order valence-corrected chi connectivity index (χ1v) is 4.86. The van der Waals surface area contributed by atoms with Crippen molar-refractivity contribution in [3.8, 4) is 0 Å². The molecule has 0 radical (unpaired) electrons. The molecule has 0 saturated heterocycles. The lowest BCUT2D eigenvalue weighted by Crippen LogP contribution is -2.04. The van der Waals surface area contributed by atoms with Crippen LogP contribution in [-0.4, -0.2) is 11.5 Å². The molecule has 2 aromatic heterocycles. The third kappa shape index (κ3) is 1.21. The normalized spacial score (nSPS) is 10.8. The largest absolute Gasteiger partial charge is 0.330 e. The Morgan fingerprint density at radius 3 is 3.17 bits per heavy atom. The molecule has 0 aliphatic rings. The van der Waals surface area contributed by atoms with E-state index in [1.807, 2.05) is 12.3 Å². The lowest BCUT2D eigenvalue weighted by atomic mass is 10.2. The zero-order chi connectivity index (χ0) is 8.39. The third-order valence-corrected chi connectivity index (χ3v) is 2.63. The number of pyridine rings is 1. The van der Waals surface area contributed by atoms with Crippen LogP contribution in [0.5, 0.6) is 0 Å². The van der Waals surface area contributed by atoms with Gasteiger partial charge in [0.2, 0.25) is 0 Å². The minimum Gasteiger partial charge on any atom is -0.330 e. The van der Waals surface area contributed by atoms with Crippen LogP contribution in [0.3, 0.4) is 0 Å². The Labute approximate surface area is 75.0 Å². The molecular formula is C9H10N2S. The number of hydrogen-bond donors (Lipinski definition) is 1. The van der Waals surface area contributed by atoms with Gasteiger partial charge in [-0.15, -0.1) is 0 Å². The Morgan fingerprint density at radius 1 is 1.42 bits per heavy atom. The van der Waals surface area contributed by atoms with Crippen molar-refractivity contribution in [2.45, 2.75) is 6.42 Å². The molecule has 0 unspecified atom stereocenters. The van der Waals surface area contributed by atoms with E-state index in [4.69, 9.17) is 5.73 Å². The van der Waals surface area contributed by atoms with E-state index in [0.29, 0.717) is 6.54 Å².